The molecular weight excluding hydrogens is 150 g/mol. The SMILES string of the molecule is C/C(=C/C1CCCCC1)N=[N+]=[N-]. The normalized spacial score (nSPS) is 20.2. The summed E-state index contributed by atoms with van der Waals surface area (Å²) in [6.07, 6.45) is 8.65. The minimum absolute atomic E-state index is 0.657. The molecule has 0 aromatic rings. The van der Waals surface area contributed by atoms with Gasteiger partial charge in [-0.1, -0.05) is 30.5 Å². The number of hydrogen-bond donors (Lipinski definition) is 0. The van der Waals surface area contributed by atoms with E-state index >= 15 is 0 Å². The van der Waals surface area contributed by atoms with Crippen LogP contribution >= 0.6 is 0 Å². The van der Waals surface area contributed by atoms with Crippen molar-refractivity contribution in [2.75, 3.05) is 0 Å². The maximum absolute atomic E-state index is 8.18. The molecule has 0 amide bonds. The second-order valence-electron chi connectivity index (χ2n) is 3.40. The Bertz CT molecular complexity index is 208. The van der Waals surface area contributed by atoms with Crippen molar-refractivity contribution in [1.29, 1.82) is 0 Å². The quantitative estimate of drug-likeness (QED) is 0.339. The van der Waals surface area contributed by atoms with Crippen LogP contribution in [-0.2, 0) is 0 Å². The Kier molecular flexibility index (Phi) is 3.68. The maximum Gasteiger partial charge on any atom is 0.00823 e. The first-order valence-electron chi connectivity index (χ1n) is 4.56. The van der Waals surface area contributed by atoms with Crippen LogP contribution in [0.15, 0.2) is 16.9 Å². The van der Waals surface area contributed by atoms with Gasteiger partial charge in [-0.25, -0.2) is 0 Å². The summed E-state index contributed by atoms with van der Waals surface area (Å²) < 4.78 is 0. The summed E-state index contributed by atoms with van der Waals surface area (Å²) >= 11 is 0. The summed E-state index contributed by atoms with van der Waals surface area (Å²) in [4.78, 5) is 2.76. The van der Waals surface area contributed by atoms with E-state index in [0.717, 1.165) is 5.70 Å². The minimum Gasteiger partial charge on any atom is -0.0762 e. The molecule has 1 fully saturated rings. The van der Waals surface area contributed by atoms with E-state index in [1.807, 2.05) is 6.92 Å². The van der Waals surface area contributed by atoms with Crippen molar-refractivity contribution in [3.8, 4) is 0 Å². The third kappa shape index (κ3) is 2.97. The Labute approximate surface area is 73.1 Å². The molecule has 1 aliphatic rings. The highest BCUT2D eigenvalue weighted by molar-refractivity contribution is 5.00. The van der Waals surface area contributed by atoms with Gasteiger partial charge >= 0.3 is 0 Å². The average Bonchev–Trinajstić information content (AvgIpc) is 2.06. The van der Waals surface area contributed by atoms with Gasteiger partial charge in [-0.15, -0.1) is 0 Å². The van der Waals surface area contributed by atoms with Crippen molar-refractivity contribution in [3.05, 3.63) is 22.2 Å². The van der Waals surface area contributed by atoms with E-state index in [2.05, 4.69) is 16.1 Å². The Morgan fingerprint density at radius 2 is 2.08 bits per heavy atom. The molecule has 0 aromatic heterocycles. The van der Waals surface area contributed by atoms with Gasteiger partial charge in [0, 0.05) is 10.6 Å². The summed E-state index contributed by atoms with van der Waals surface area (Å²) in [5, 5.41) is 3.56. The van der Waals surface area contributed by atoms with E-state index in [9.17, 15) is 0 Å². The summed E-state index contributed by atoms with van der Waals surface area (Å²) in [7, 11) is 0. The lowest BCUT2D eigenvalue weighted by molar-refractivity contribution is 0.418. The number of hydrogen-bond acceptors (Lipinski definition) is 1. The molecule has 0 atom stereocenters. The molecule has 0 radical (unpaired) electrons. The van der Waals surface area contributed by atoms with Gasteiger partial charge in [-0.2, -0.15) is 0 Å². The largest absolute Gasteiger partial charge is 0.0762 e. The van der Waals surface area contributed by atoms with Crippen LogP contribution in [0.4, 0.5) is 0 Å². The van der Waals surface area contributed by atoms with E-state index in [-0.39, 0.29) is 0 Å². The highest BCUT2D eigenvalue weighted by atomic mass is 15.1. The van der Waals surface area contributed by atoms with Gasteiger partial charge in [0.2, 0.25) is 0 Å². The molecule has 0 N–H and O–H groups in total. The highest BCUT2D eigenvalue weighted by Crippen LogP contribution is 2.25. The van der Waals surface area contributed by atoms with E-state index in [0.29, 0.717) is 5.92 Å². The van der Waals surface area contributed by atoms with Gasteiger partial charge in [0.05, 0.1) is 0 Å². The van der Waals surface area contributed by atoms with Gasteiger partial charge in [0.25, 0.3) is 0 Å². The van der Waals surface area contributed by atoms with E-state index in [1.54, 1.807) is 0 Å². The van der Waals surface area contributed by atoms with Gasteiger partial charge in [-0.05, 0) is 31.2 Å². The summed E-state index contributed by atoms with van der Waals surface area (Å²) in [5.74, 6) is 0.657. The Hall–Kier alpha value is -0.950. The van der Waals surface area contributed by atoms with E-state index < -0.39 is 0 Å². The van der Waals surface area contributed by atoms with Crippen LogP contribution in [0, 0.1) is 5.92 Å². The van der Waals surface area contributed by atoms with Gasteiger partial charge in [0.15, 0.2) is 0 Å². The van der Waals surface area contributed by atoms with Crippen LogP contribution in [0.1, 0.15) is 39.0 Å². The van der Waals surface area contributed by atoms with Crippen molar-refractivity contribution in [1.82, 2.24) is 0 Å². The fourth-order valence-corrected chi connectivity index (χ4v) is 1.75. The first-order chi connectivity index (χ1) is 5.83. The zero-order valence-corrected chi connectivity index (χ0v) is 7.53. The van der Waals surface area contributed by atoms with Crippen LogP contribution in [0.3, 0.4) is 0 Å². The fourth-order valence-electron chi connectivity index (χ4n) is 1.75. The average molecular weight is 165 g/mol. The molecule has 1 aliphatic carbocycles. The number of allylic oxidation sites excluding steroid dienone is 2. The van der Waals surface area contributed by atoms with Crippen molar-refractivity contribution >= 4 is 0 Å². The molecular formula is C9H15N3. The smallest absolute Gasteiger partial charge is 0.00823 e. The lowest BCUT2D eigenvalue weighted by atomic mass is 9.89. The molecule has 12 heavy (non-hydrogen) atoms. The molecule has 0 saturated heterocycles. The molecule has 0 heterocycles. The van der Waals surface area contributed by atoms with Crippen molar-refractivity contribution in [2.24, 2.45) is 11.0 Å². The minimum atomic E-state index is 0.657. The third-order valence-corrected chi connectivity index (χ3v) is 2.33. The lowest BCUT2D eigenvalue weighted by Crippen LogP contribution is -2.02. The summed E-state index contributed by atoms with van der Waals surface area (Å²) in [6, 6.07) is 0. The van der Waals surface area contributed by atoms with Crippen molar-refractivity contribution < 1.29 is 0 Å². The highest BCUT2D eigenvalue weighted by Gasteiger charge is 2.10. The molecule has 0 bridgehead atoms. The van der Waals surface area contributed by atoms with Gasteiger partial charge < -0.3 is 0 Å². The molecule has 0 spiro atoms. The molecule has 0 unspecified atom stereocenters. The van der Waals surface area contributed by atoms with Gasteiger partial charge in [-0.3, -0.25) is 0 Å². The third-order valence-electron chi connectivity index (χ3n) is 2.33. The summed E-state index contributed by atoms with van der Waals surface area (Å²) in [6.45, 7) is 1.87. The molecule has 1 rings (SSSR count). The molecule has 0 aromatic carbocycles. The predicted molar refractivity (Wildman–Crippen MR) is 49.5 cm³/mol. The maximum atomic E-state index is 8.18. The first kappa shape index (κ1) is 9.14. The Morgan fingerprint density at radius 3 is 2.67 bits per heavy atom. The molecule has 1 saturated carbocycles. The van der Waals surface area contributed by atoms with E-state index in [1.165, 1.54) is 32.1 Å². The van der Waals surface area contributed by atoms with Crippen molar-refractivity contribution in [3.63, 3.8) is 0 Å². The van der Waals surface area contributed by atoms with Crippen molar-refractivity contribution in [2.45, 2.75) is 39.0 Å². The second kappa shape index (κ2) is 4.83. The topological polar surface area (TPSA) is 48.8 Å². The molecule has 66 valence electrons. The fraction of sp³-hybridized carbons (Fsp3) is 0.778. The molecule has 3 nitrogen and oxygen atoms in total. The molecule has 3 heteroatoms. The van der Waals surface area contributed by atoms with E-state index in [4.69, 9.17) is 5.53 Å². The van der Waals surface area contributed by atoms with Crippen LogP contribution in [0.25, 0.3) is 10.4 Å². The number of azide groups is 1. The van der Waals surface area contributed by atoms with Crippen LogP contribution < -0.4 is 0 Å². The second-order valence-corrected chi connectivity index (χ2v) is 3.40. The van der Waals surface area contributed by atoms with Crippen LogP contribution in [-0.4, -0.2) is 0 Å². The van der Waals surface area contributed by atoms with Crippen LogP contribution in [0.5, 0.6) is 0 Å². The summed E-state index contributed by atoms with van der Waals surface area (Å²) in [5.41, 5.74) is 9.01. The first-order valence-corrected chi connectivity index (χ1v) is 4.56. The monoisotopic (exact) mass is 165 g/mol. The molecule has 0 aliphatic heterocycles. The van der Waals surface area contributed by atoms with Gasteiger partial charge in [0.1, 0.15) is 0 Å². The zero-order valence-electron chi connectivity index (χ0n) is 7.53. The lowest BCUT2D eigenvalue weighted by Gasteiger charge is -2.18. The Morgan fingerprint density at radius 1 is 1.42 bits per heavy atom. The standard InChI is InChI=1S/C9H15N3/c1-8(11-12-10)7-9-5-3-2-4-6-9/h7,9H,2-6H2,1H3/b8-7-. The number of nitrogens with zero attached hydrogens (tertiary/aromatic N) is 3. The van der Waals surface area contributed by atoms with Crippen LogP contribution in [0.2, 0.25) is 0 Å². The predicted octanol–water partition coefficient (Wildman–Crippen LogP) is 3.78. The Balaban J connectivity index is 2.46. The zero-order chi connectivity index (χ0) is 8.81. The number of rotatable bonds is 2.